The molecule has 3 fully saturated rings. The fourth-order valence-corrected chi connectivity index (χ4v) is 4.44. The van der Waals surface area contributed by atoms with E-state index in [1.165, 1.54) is 0 Å². The minimum Gasteiger partial charge on any atom is -0.394 e. The van der Waals surface area contributed by atoms with E-state index >= 15 is 0 Å². The van der Waals surface area contributed by atoms with Gasteiger partial charge in [-0.2, -0.15) is 0 Å². The number of nitrogens with two attached hydrogens (primary N) is 6. The van der Waals surface area contributed by atoms with Gasteiger partial charge < -0.3 is 68.7 Å². The van der Waals surface area contributed by atoms with Crippen LogP contribution in [-0.2, 0) is 18.9 Å². The molecule has 0 spiro atoms. The summed E-state index contributed by atoms with van der Waals surface area (Å²) in [5.74, 6) is 0. The van der Waals surface area contributed by atoms with Crippen molar-refractivity contribution >= 4 is 0 Å². The van der Waals surface area contributed by atoms with Gasteiger partial charge in [-0.3, -0.25) is 0 Å². The third-order valence-corrected chi connectivity index (χ3v) is 6.43. The van der Waals surface area contributed by atoms with Crippen LogP contribution in [0.2, 0.25) is 0 Å². The quantitative estimate of drug-likeness (QED) is 0.183. The highest BCUT2D eigenvalue weighted by Gasteiger charge is 2.49. The highest BCUT2D eigenvalue weighted by Crippen LogP contribution is 2.29. The number of rotatable bonds is 6. The van der Waals surface area contributed by atoms with E-state index in [2.05, 4.69) is 0 Å². The molecule has 0 aromatic rings. The molecule has 2 aliphatic heterocycles. The van der Waals surface area contributed by atoms with E-state index in [1.807, 2.05) is 0 Å². The lowest BCUT2D eigenvalue weighted by Gasteiger charge is -2.48. The molecule has 31 heavy (non-hydrogen) atoms. The lowest BCUT2D eigenvalue weighted by Crippen LogP contribution is -2.69. The van der Waals surface area contributed by atoms with Crippen LogP contribution in [0.1, 0.15) is 19.3 Å². The largest absolute Gasteiger partial charge is 0.394 e. The Kier molecular flexibility index (Phi) is 8.59. The van der Waals surface area contributed by atoms with E-state index < -0.39 is 73.9 Å². The Morgan fingerprint density at radius 3 is 1.97 bits per heavy atom. The second kappa shape index (κ2) is 10.6. The van der Waals surface area contributed by atoms with Gasteiger partial charge in [-0.1, -0.05) is 0 Å². The third kappa shape index (κ3) is 5.35. The average molecular weight is 451 g/mol. The molecule has 3 aliphatic rings. The Labute approximate surface area is 181 Å². The van der Waals surface area contributed by atoms with E-state index in [0.29, 0.717) is 19.4 Å². The smallest absolute Gasteiger partial charge is 0.186 e. The first kappa shape index (κ1) is 25.1. The Hall–Kier alpha value is -0.520. The van der Waals surface area contributed by atoms with E-state index in [4.69, 9.17) is 53.3 Å². The van der Waals surface area contributed by atoms with Crippen LogP contribution in [0.5, 0.6) is 0 Å². The van der Waals surface area contributed by atoms with Crippen molar-refractivity contribution in [1.29, 1.82) is 0 Å². The zero-order chi connectivity index (χ0) is 22.9. The summed E-state index contributed by atoms with van der Waals surface area (Å²) in [6.07, 6.45) is -5.50. The summed E-state index contributed by atoms with van der Waals surface area (Å²) in [6, 6.07) is -3.30. The lowest BCUT2D eigenvalue weighted by molar-refractivity contribution is -0.301. The molecule has 0 bridgehead atoms. The fourth-order valence-electron chi connectivity index (χ4n) is 4.44. The molecule has 3 rings (SSSR count). The molecule has 13 nitrogen and oxygen atoms in total. The molecule has 0 aromatic heterocycles. The van der Waals surface area contributed by atoms with Crippen LogP contribution in [0, 0.1) is 0 Å². The van der Waals surface area contributed by atoms with E-state index in [1.54, 1.807) is 0 Å². The number of aliphatic hydroxyl groups excluding tert-OH is 3. The van der Waals surface area contributed by atoms with Crippen molar-refractivity contribution in [3.05, 3.63) is 0 Å². The van der Waals surface area contributed by atoms with Gasteiger partial charge in [0.2, 0.25) is 0 Å². The zero-order valence-corrected chi connectivity index (χ0v) is 17.5. The normalized spacial score (nSPS) is 51.6. The first-order valence-corrected chi connectivity index (χ1v) is 10.7. The van der Waals surface area contributed by atoms with Crippen molar-refractivity contribution in [2.24, 2.45) is 34.4 Å². The Morgan fingerprint density at radius 1 is 0.774 bits per heavy atom. The molecule has 0 amide bonds. The highest BCUT2D eigenvalue weighted by atomic mass is 16.7. The zero-order valence-electron chi connectivity index (χ0n) is 17.5. The Balaban J connectivity index is 1.69. The molecular formula is C18H38N6O7. The minimum absolute atomic E-state index is 0.163. The van der Waals surface area contributed by atoms with Crippen LogP contribution < -0.4 is 34.4 Å². The van der Waals surface area contributed by atoms with Gasteiger partial charge >= 0.3 is 0 Å². The topological polar surface area (TPSA) is 254 Å². The van der Waals surface area contributed by atoms with Gasteiger partial charge in [-0.15, -0.1) is 0 Å². The summed E-state index contributed by atoms with van der Waals surface area (Å²) in [7, 11) is 0. The summed E-state index contributed by atoms with van der Waals surface area (Å²) in [4.78, 5) is 0. The molecular weight excluding hydrogens is 412 g/mol. The molecule has 2 heterocycles. The standard InChI is InChI=1S/C18H38N6O7/c19-4-6-1-2-7(20)17(28-6)30-15-8(21)3-9(22)16(12(15)24)31-18-14(27)11(23)13(26)10(5-25)29-18/h6-18,25-27H,1-5,19-24H2/t6-,7+,8-,9+,10+,11-,12-,13+,14+,15+,16-,17+,18+/m0/s1. The Morgan fingerprint density at radius 2 is 1.39 bits per heavy atom. The molecule has 13 heteroatoms. The third-order valence-electron chi connectivity index (χ3n) is 6.43. The second-order valence-electron chi connectivity index (χ2n) is 8.73. The predicted molar refractivity (Wildman–Crippen MR) is 109 cm³/mol. The van der Waals surface area contributed by atoms with Crippen LogP contribution in [0.4, 0.5) is 0 Å². The molecule has 13 atom stereocenters. The summed E-state index contributed by atoms with van der Waals surface area (Å²) >= 11 is 0. The monoisotopic (exact) mass is 450 g/mol. The number of hydrogen-bond donors (Lipinski definition) is 9. The van der Waals surface area contributed by atoms with Crippen molar-refractivity contribution in [3.63, 3.8) is 0 Å². The first-order valence-electron chi connectivity index (χ1n) is 10.7. The van der Waals surface area contributed by atoms with Crippen LogP contribution >= 0.6 is 0 Å². The van der Waals surface area contributed by atoms with Gasteiger partial charge in [0.15, 0.2) is 12.6 Å². The van der Waals surface area contributed by atoms with Crippen LogP contribution in [0.25, 0.3) is 0 Å². The van der Waals surface area contributed by atoms with Gasteiger partial charge in [-0.25, -0.2) is 0 Å². The maximum Gasteiger partial charge on any atom is 0.186 e. The average Bonchev–Trinajstić information content (AvgIpc) is 2.75. The van der Waals surface area contributed by atoms with Crippen molar-refractivity contribution in [1.82, 2.24) is 0 Å². The SMILES string of the molecule is NC[C@@H]1CC[C@@H](N)[C@@H](O[C@H]2[C@H](N)[C@@H](O[C@H]3O[C@H](CO)[C@@H](O)[C@H](N)[C@H]3O)[C@H](N)C[C@@H]2N)O1. The van der Waals surface area contributed by atoms with Crippen molar-refractivity contribution in [2.75, 3.05) is 13.2 Å². The van der Waals surface area contributed by atoms with Crippen LogP contribution in [-0.4, -0.2) is 108 Å². The van der Waals surface area contributed by atoms with Gasteiger partial charge in [-0.05, 0) is 19.3 Å². The summed E-state index contributed by atoms with van der Waals surface area (Å²) in [6.45, 7) is -0.152. The van der Waals surface area contributed by atoms with Crippen molar-refractivity contribution < 1.29 is 34.3 Å². The molecule has 15 N–H and O–H groups in total. The summed E-state index contributed by atoms with van der Waals surface area (Å²) in [5, 5.41) is 29.8. The van der Waals surface area contributed by atoms with E-state index in [0.717, 1.165) is 6.42 Å². The van der Waals surface area contributed by atoms with Crippen molar-refractivity contribution in [3.8, 4) is 0 Å². The van der Waals surface area contributed by atoms with Gasteiger partial charge in [0.05, 0.1) is 43.0 Å². The fraction of sp³-hybridized carbons (Fsp3) is 1.00. The van der Waals surface area contributed by atoms with Crippen LogP contribution in [0.15, 0.2) is 0 Å². The number of ether oxygens (including phenoxy) is 4. The van der Waals surface area contributed by atoms with Gasteiger partial charge in [0.1, 0.15) is 18.3 Å². The van der Waals surface area contributed by atoms with Gasteiger partial charge in [0, 0.05) is 18.6 Å². The molecule has 182 valence electrons. The minimum atomic E-state index is -1.35. The van der Waals surface area contributed by atoms with Crippen LogP contribution in [0.3, 0.4) is 0 Å². The number of hydrogen-bond acceptors (Lipinski definition) is 13. The molecule has 0 radical (unpaired) electrons. The molecule has 1 saturated carbocycles. The summed E-state index contributed by atoms with van der Waals surface area (Å²) < 4.78 is 23.3. The summed E-state index contributed by atoms with van der Waals surface area (Å²) in [5.41, 5.74) is 36.6. The predicted octanol–water partition coefficient (Wildman–Crippen LogP) is -5.30. The maximum absolute atomic E-state index is 10.4. The van der Waals surface area contributed by atoms with E-state index in [-0.39, 0.29) is 12.1 Å². The van der Waals surface area contributed by atoms with E-state index in [9.17, 15) is 15.3 Å². The molecule has 2 saturated heterocycles. The first-order chi connectivity index (χ1) is 14.7. The molecule has 1 aliphatic carbocycles. The maximum atomic E-state index is 10.4. The Bertz CT molecular complexity index is 578. The lowest BCUT2D eigenvalue weighted by atomic mass is 9.83. The van der Waals surface area contributed by atoms with Crippen molar-refractivity contribution in [2.45, 2.75) is 98.7 Å². The van der Waals surface area contributed by atoms with Gasteiger partial charge in [0.25, 0.3) is 0 Å². The second-order valence-corrected chi connectivity index (χ2v) is 8.73. The molecule has 0 aromatic carbocycles. The number of aliphatic hydroxyl groups is 3. The highest BCUT2D eigenvalue weighted by molar-refractivity contribution is 5.02. The molecule has 0 unspecified atom stereocenters.